The van der Waals surface area contributed by atoms with E-state index < -0.39 is 0 Å². The lowest BCUT2D eigenvalue weighted by molar-refractivity contribution is 0.0741. The average Bonchev–Trinajstić information content (AvgIpc) is 3.10. The van der Waals surface area contributed by atoms with Crippen LogP contribution in [-0.4, -0.2) is 59.3 Å². The van der Waals surface area contributed by atoms with Gasteiger partial charge in [-0.2, -0.15) is 5.10 Å². The number of rotatable bonds is 4. The number of benzene rings is 1. The highest BCUT2D eigenvalue weighted by Gasteiger charge is 2.26. The van der Waals surface area contributed by atoms with Crippen LogP contribution in [0.1, 0.15) is 27.4 Å². The summed E-state index contributed by atoms with van der Waals surface area (Å²) >= 11 is 0. The van der Waals surface area contributed by atoms with E-state index in [4.69, 9.17) is 9.47 Å². The Morgan fingerprint density at radius 1 is 1.31 bits per heavy atom. The Balaban J connectivity index is 1.31. The first-order chi connectivity index (χ1) is 12.6. The van der Waals surface area contributed by atoms with Gasteiger partial charge in [0.25, 0.3) is 11.8 Å². The van der Waals surface area contributed by atoms with Gasteiger partial charge in [-0.05, 0) is 12.1 Å². The van der Waals surface area contributed by atoms with E-state index in [1.807, 2.05) is 24.3 Å². The van der Waals surface area contributed by atoms with Crippen molar-refractivity contribution in [3.8, 4) is 11.5 Å². The van der Waals surface area contributed by atoms with Gasteiger partial charge in [-0.3, -0.25) is 14.3 Å². The van der Waals surface area contributed by atoms with Gasteiger partial charge in [0.15, 0.2) is 17.2 Å². The van der Waals surface area contributed by atoms with E-state index >= 15 is 0 Å². The van der Waals surface area contributed by atoms with Crippen LogP contribution in [0.15, 0.2) is 30.3 Å². The maximum Gasteiger partial charge on any atom is 0.271 e. The van der Waals surface area contributed by atoms with Crippen LogP contribution in [0, 0.1) is 0 Å². The highest BCUT2D eigenvalue weighted by Crippen LogP contribution is 2.31. The average molecular weight is 356 g/mol. The minimum atomic E-state index is -0.292. The third-order valence-electron chi connectivity index (χ3n) is 4.55. The van der Waals surface area contributed by atoms with Gasteiger partial charge in [0.05, 0.1) is 6.54 Å². The lowest BCUT2D eigenvalue weighted by Crippen LogP contribution is -2.37. The van der Waals surface area contributed by atoms with Crippen molar-refractivity contribution in [2.75, 3.05) is 26.7 Å². The van der Waals surface area contributed by atoms with Crippen molar-refractivity contribution in [2.45, 2.75) is 19.1 Å². The van der Waals surface area contributed by atoms with Gasteiger partial charge in [0, 0.05) is 32.6 Å². The molecule has 0 aliphatic carbocycles. The molecule has 0 saturated carbocycles. The standard InChI is InChI=1S/C18H20N4O4/c1-21-8-9-22-14(18(21)24)10-13(20-22)17(23)19-7-6-12-11-25-15-4-2-3-5-16(15)26-12/h2-5,10,12H,6-9,11H2,1H3,(H,19,23). The Morgan fingerprint density at radius 3 is 2.96 bits per heavy atom. The molecule has 1 unspecified atom stereocenters. The predicted octanol–water partition coefficient (Wildman–Crippen LogP) is 0.929. The van der Waals surface area contributed by atoms with E-state index in [0.29, 0.717) is 38.4 Å². The first-order valence-electron chi connectivity index (χ1n) is 8.62. The zero-order valence-electron chi connectivity index (χ0n) is 14.5. The Hall–Kier alpha value is -3.03. The van der Waals surface area contributed by atoms with Crippen molar-refractivity contribution in [2.24, 2.45) is 0 Å². The van der Waals surface area contributed by atoms with Gasteiger partial charge < -0.3 is 19.7 Å². The molecule has 0 spiro atoms. The molecule has 2 amide bonds. The maximum absolute atomic E-state index is 12.3. The summed E-state index contributed by atoms with van der Waals surface area (Å²) in [5.74, 6) is 1.05. The molecule has 2 aromatic rings. The monoisotopic (exact) mass is 356 g/mol. The van der Waals surface area contributed by atoms with Crippen LogP contribution < -0.4 is 14.8 Å². The topological polar surface area (TPSA) is 85.7 Å². The largest absolute Gasteiger partial charge is 0.486 e. The molecule has 0 radical (unpaired) electrons. The highest BCUT2D eigenvalue weighted by molar-refractivity contribution is 5.98. The number of amides is 2. The van der Waals surface area contributed by atoms with Crippen LogP contribution in [-0.2, 0) is 6.54 Å². The van der Waals surface area contributed by atoms with Crippen LogP contribution in [0.3, 0.4) is 0 Å². The summed E-state index contributed by atoms with van der Waals surface area (Å²) in [6.07, 6.45) is 0.505. The zero-order chi connectivity index (χ0) is 18.1. The summed E-state index contributed by atoms with van der Waals surface area (Å²) in [6, 6.07) is 9.07. The van der Waals surface area contributed by atoms with Gasteiger partial charge in [-0.15, -0.1) is 0 Å². The number of aromatic nitrogens is 2. The number of carbonyl (C=O) groups excluding carboxylic acids is 2. The number of nitrogens with one attached hydrogen (secondary N) is 1. The molecular formula is C18H20N4O4. The Morgan fingerprint density at radius 2 is 2.12 bits per heavy atom. The molecule has 0 fully saturated rings. The van der Waals surface area contributed by atoms with E-state index in [9.17, 15) is 9.59 Å². The quantitative estimate of drug-likeness (QED) is 0.881. The van der Waals surface area contributed by atoms with Crippen molar-refractivity contribution in [3.63, 3.8) is 0 Å². The summed E-state index contributed by atoms with van der Waals surface area (Å²) in [5.41, 5.74) is 0.708. The van der Waals surface area contributed by atoms with E-state index in [2.05, 4.69) is 10.4 Å². The fourth-order valence-corrected chi connectivity index (χ4v) is 3.05. The minimum absolute atomic E-state index is 0.115. The molecule has 2 aliphatic rings. The van der Waals surface area contributed by atoms with Crippen molar-refractivity contribution >= 4 is 11.8 Å². The van der Waals surface area contributed by atoms with Crippen LogP contribution >= 0.6 is 0 Å². The fraction of sp³-hybridized carbons (Fsp3) is 0.389. The van der Waals surface area contributed by atoms with E-state index in [1.54, 1.807) is 22.7 Å². The van der Waals surface area contributed by atoms with Crippen molar-refractivity contribution in [1.29, 1.82) is 0 Å². The summed E-state index contributed by atoms with van der Waals surface area (Å²) in [5, 5.41) is 7.06. The van der Waals surface area contributed by atoms with Gasteiger partial charge >= 0.3 is 0 Å². The fourth-order valence-electron chi connectivity index (χ4n) is 3.05. The zero-order valence-corrected chi connectivity index (χ0v) is 14.5. The van der Waals surface area contributed by atoms with E-state index in [-0.39, 0.29) is 23.6 Å². The van der Waals surface area contributed by atoms with Crippen LogP contribution in [0.25, 0.3) is 0 Å². The molecule has 26 heavy (non-hydrogen) atoms. The van der Waals surface area contributed by atoms with Crippen molar-refractivity contribution in [3.05, 3.63) is 41.7 Å². The maximum atomic E-state index is 12.3. The van der Waals surface area contributed by atoms with Gasteiger partial charge in [-0.25, -0.2) is 0 Å². The van der Waals surface area contributed by atoms with Gasteiger partial charge in [0.1, 0.15) is 18.4 Å². The molecule has 3 heterocycles. The second-order valence-electron chi connectivity index (χ2n) is 6.41. The molecule has 4 rings (SSSR count). The number of nitrogens with zero attached hydrogens (tertiary/aromatic N) is 3. The first-order valence-corrected chi connectivity index (χ1v) is 8.62. The van der Waals surface area contributed by atoms with E-state index in [1.165, 1.54) is 0 Å². The lowest BCUT2D eigenvalue weighted by atomic mass is 10.2. The number of carbonyl (C=O) groups is 2. The number of likely N-dealkylation sites (N-methyl/N-ethyl adjacent to an activating group) is 1. The van der Waals surface area contributed by atoms with Gasteiger partial charge in [-0.1, -0.05) is 12.1 Å². The summed E-state index contributed by atoms with van der Waals surface area (Å²) < 4.78 is 13.1. The number of para-hydroxylation sites is 2. The van der Waals surface area contributed by atoms with Crippen molar-refractivity contribution < 1.29 is 19.1 Å². The molecule has 2 aliphatic heterocycles. The third-order valence-corrected chi connectivity index (χ3v) is 4.55. The number of hydrogen-bond acceptors (Lipinski definition) is 5. The van der Waals surface area contributed by atoms with Crippen LogP contribution in [0.2, 0.25) is 0 Å². The SMILES string of the molecule is CN1CCn2nc(C(=O)NCCC3COc4ccccc4O3)cc2C1=O. The molecule has 0 saturated heterocycles. The Labute approximate surface area is 150 Å². The molecule has 1 aromatic heterocycles. The van der Waals surface area contributed by atoms with Crippen molar-refractivity contribution in [1.82, 2.24) is 20.0 Å². The summed E-state index contributed by atoms with van der Waals surface area (Å²) in [4.78, 5) is 26.0. The van der Waals surface area contributed by atoms with Gasteiger partial charge in [0.2, 0.25) is 0 Å². The molecule has 0 bridgehead atoms. The summed E-state index contributed by atoms with van der Waals surface area (Å²) in [7, 11) is 1.74. The highest BCUT2D eigenvalue weighted by atomic mass is 16.6. The molecule has 1 aromatic carbocycles. The molecule has 136 valence electrons. The van der Waals surface area contributed by atoms with E-state index in [0.717, 1.165) is 11.5 Å². The first kappa shape index (κ1) is 16.4. The number of ether oxygens (including phenoxy) is 2. The molecule has 1 atom stereocenters. The number of hydrogen-bond donors (Lipinski definition) is 1. The molecule has 8 heteroatoms. The summed E-state index contributed by atoms with van der Waals surface area (Å²) in [6.45, 7) is 2.07. The second-order valence-corrected chi connectivity index (χ2v) is 6.41. The molecule has 1 N–H and O–H groups in total. The molecular weight excluding hydrogens is 336 g/mol. The number of fused-ring (bicyclic) bond motifs is 2. The smallest absolute Gasteiger partial charge is 0.271 e. The van der Waals surface area contributed by atoms with Crippen LogP contribution in [0.4, 0.5) is 0 Å². The Bertz CT molecular complexity index is 847. The second kappa shape index (κ2) is 6.70. The molecule has 8 nitrogen and oxygen atoms in total. The third kappa shape index (κ3) is 3.10. The minimum Gasteiger partial charge on any atom is -0.486 e. The van der Waals surface area contributed by atoms with Crippen LogP contribution in [0.5, 0.6) is 11.5 Å². The lowest BCUT2D eigenvalue weighted by Gasteiger charge is -2.26. The Kier molecular flexibility index (Phi) is 4.24. The predicted molar refractivity (Wildman–Crippen MR) is 92.5 cm³/mol. The normalized spacial score (nSPS) is 18.4.